The third kappa shape index (κ3) is 4.50. The molecule has 0 atom stereocenters. The lowest BCUT2D eigenvalue weighted by Crippen LogP contribution is -2.20. The van der Waals surface area contributed by atoms with Crippen LogP contribution in [0, 0.1) is 12.8 Å². The third-order valence-electron chi connectivity index (χ3n) is 3.54. The Labute approximate surface area is 116 Å². The molecule has 1 aliphatic rings. The van der Waals surface area contributed by atoms with Crippen LogP contribution in [-0.2, 0) is 6.54 Å². The van der Waals surface area contributed by atoms with E-state index in [0.29, 0.717) is 12.0 Å². The van der Waals surface area contributed by atoms with Crippen LogP contribution in [0.3, 0.4) is 0 Å². The summed E-state index contributed by atoms with van der Waals surface area (Å²) in [6.45, 7) is 8.32. The van der Waals surface area contributed by atoms with E-state index in [9.17, 15) is 0 Å². The molecule has 0 bridgehead atoms. The van der Waals surface area contributed by atoms with Crippen LogP contribution in [0.2, 0.25) is 0 Å². The molecule has 0 amide bonds. The van der Waals surface area contributed by atoms with Crippen LogP contribution < -0.4 is 10.1 Å². The van der Waals surface area contributed by atoms with Crippen molar-refractivity contribution in [1.29, 1.82) is 0 Å². The van der Waals surface area contributed by atoms with Gasteiger partial charge in [-0.05, 0) is 45.1 Å². The Balaban J connectivity index is 1.99. The molecular formula is C16H26N2O. The van der Waals surface area contributed by atoms with Gasteiger partial charge in [-0.2, -0.15) is 0 Å². The molecule has 1 N–H and O–H groups in total. The predicted octanol–water partition coefficient (Wildman–Crippen LogP) is 3.46. The van der Waals surface area contributed by atoms with E-state index in [-0.39, 0.29) is 0 Å². The van der Waals surface area contributed by atoms with E-state index in [1.807, 2.05) is 13.1 Å². The van der Waals surface area contributed by atoms with Gasteiger partial charge >= 0.3 is 0 Å². The zero-order chi connectivity index (χ0) is 13.7. The summed E-state index contributed by atoms with van der Waals surface area (Å²) in [4.78, 5) is 4.39. The summed E-state index contributed by atoms with van der Waals surface area (Å²) >= 11 is 0. The summed E-state index contributed by atoms with van der Waals surface area (Å²) in [5, 5.41) is 3.47. The Hall–Kier alpha value is -1.09. The lowest BCUT2D eigenvalue weighted by atomic mass is 10.2. The van der Waals surface area contributed by atoms with Crippen molar-refractivity contribution in [1.82, 2.24) is 10.3 Å². The molecule has 0 radical (unpaired) electrons. The Morgan fingerprint density at radius 1 is 1.37 bits per heavy atom. The molecule has 1 aliphatic carbocycles. The summed E-state index contributed by atoms with van der Waals surface area (Å²) < 4.78 is 6.16. The second-order valence-electron chi connectivity index (χ2n) is 5.98. The fourth-order valence-electron chi connectivity index (χ4n) is 2.49. The molecule has 1 fully saturated rings. The predicted molar refractivity (Wildman–Crippen MR) is 78.4 cm³/mol. The van der Waals surface area contributed by atoms with Gasteiger partial charge in [-0.15, -0.1) is 0 Å². The van der Waals surface area contributed by atoms with Gasteiger partial charge in [-0.25, -0.2) is 0 Å². The van der Waals surface area contributed by atoms with E-state index in [1.54, 1.807) is 0 Å². The molecule has 1 saturated carbocycles. The van der Waals surface area contributed by atoms with Crippen LogP contribution in [0.15, 0.2) is 12.3 Å². The van der Waals surface area contributed by atoms with E-state index >= 15 is 0 Å². The second kappa shape index (κ2) is 6.90. The van der Waals surface area contributed by atoms with Crippen molar-refractivity contribution >= 4 is 0 Å². The highest BCUT2D eigenvalue weighted by molar-refractivity contribution is 5.33. The summed E-state index contributed by atoms with van der Waals surface area (Å²) in [6.07, 6.45) is 7.35. The van der Waals surface area contributed by atoms with Gasteiger partial charge in [0.2, 0.25) is 0 Å². The van der Waals surface area contributed by atoms with Crippen molar-refractivity contribution in [3.63, 3.8) is 0 Å². The first kappa shape index (κ1) is 14.3. The van der Waals surface area contributed by atoms with Gasteiger partial charge in [0, 0.05) is 30.1 Å². The highest BCUT2D eigenvalue weighted by Gasteiger charge is 2.18. The van der Waals surface area contributed by atoms with Crippen LogP contribution in [0.4, 0.5) is 0 Å². The van der Waals surface area contributed by atoms with Crippen LogP contribution in [0.1, 0.15) is 50.8 Å². The summed E-state index contributed by atoms with van der Waals surface area (Å²) in [5.41, 5.74) is 2.21. The maximum atomic E-state index is 6.16. The molecule has 106 valence electrons. The molecule has 0 unspecified atom stereocenters. The van der Waals surface area contributed by atoms with E-state index in [2.05, 4.69) is 30.2 Å². The molecule has 0 aliphatic heterocycles. The van der Waals surface area contributed by atoms with Crippen molar-refractivity contribution < 1.29 is 4.74 Å². The minimum Gasteiger partial charge on any atom is -0.490 e. The van der Waals surface area contributed by atoms with Crippen molar-refractivity contribution in [3.8, 4) is 5.75 Å². The number of hydrogen-bond acceptors (Lipinski definition) is 3. The molecule has 2 rings (SSSR count). The first-order chi connectivity index (χ1) is 9.15. The fourth-order valence-corrected chi connectivity index (χ4v) is 2.49. The summed E-state index contributed by atoms with van der Waals surface area (Å²) in [5.74, 6) is 1.69. The average Bonchev–Trinajstić information content (AvgIpc) is 2.84. The van der Waals surface area contributed by atoms with Crippen LogP contribution in [0.5, 0.6) is 5.75 Å². The Morgan fingerprint density at radius 3 is 2.79 bits per heavy atom. The first-order valence-corrected chi connectivity index (χ1v) is 7.48. The molecule has 0 saturated heterocycles. The second-order valence-corrected chi connectivity index (χ2v) is 5.98. The molecule has 3 heteroatoms. The minimum absolute atomic E-state index is 0.408. The Morgan fingerprint density at radius 2 is 2.11 bits per heavy atom. The number of aryl methyl sites for hydroxylation is 1. The quantitative estimate of drug-likeness (QED) is 0.852. The molecule has 0 aromatic carbocycles. The van der Waals surface area contributed by atoms with Gasteiger partial charge in [-0.3, -0.25) is 4.98 Å². The minimum atomic E-state index is 0.408. The highest BCUT2D eigenvalue weighted by Crippen LogP contribution is 2.26. The van der Waals surface area contributed by atoms with Crippen LogP contribution in [0.25, 0.3) is 0 Å². The number of aromatic nitrogens is 1. The lowest BCUT2D eigenvalue weighted by molar-refractivity contribution is 0.207. The fraction of sp³-hybridized carbons (Fsp3) is 0.688. The largest absolute Gasteiger partial charge is 0.490 e. The Kier molecular flexibility index (Phi) is 5.20. The molecule has 1 heterocycles. The number of rotatable bonds is 6. The van der Waals surface area contributed by atoms with Crippen LogP contribution in [-0.4, -0.2) is 17.6 Å². The topological polar surface area (TPSA) is 34.1 Å². The van der Waals surface area contributed by atoms with E-state index in [4.69, 9.17) is 4.74 Å². The van der Waals surface area contributed by atoms with E-state index in [1.165, 1.54) is 31.2 Å². The molecular weight excluding hydrogens is 236 g/mol. The first-order valence-electron chi connectivity index (χ1n) is 7.48. The molecule has 19 heavy (non-hydrogen) atoms. The number of pyridine rings is 1. The van der Waals surface area contributed by atoms with Crippen molar-refractivity contribution in [2.75, 3.05) is 6.54 Å². The zero-order valence-electron chi connectivity index (χ0n) is 12.4. The SMILES string of the molecule is Cc1cc(OC2CCCC2)c(CNCC(C)C)cn1. The van der Waals surface area contributed by atoms with Crippen molar-refractivity contribution in [2.45, 2.75) is 59.1 Å². The number of nitrogens with one attached hydrogen (secondary N) is 1. The Bertz CT molecular complexity index is 398. The molecule has 3 nitrogen and oxygen atoms in total. The van der Waals surface area contributed by atoms with Gasteiger partial charge < -0.3 is 10.1 Å². The average molecular weight is 262 g/mol. The molecule has 1 aromatic rings. The normalized spacial score (nSPS) is 16.2. The number of nitrogens with zero attached hydrogens (tertiary/aromatic N) is 1. The molecule has 0 spiro atoms. The monoisotopic (exact) mass is 262 g/mol. The zero-order valence-corrected chi connectivity index (χ0v) is 12.4. The summed E-state index contributed by atoms with van der Waals surface area (Å²) in [6, 6.07) is 2.07. The standard InChI is InChI=1S/C16H26N2O/c1-12(2)9-17-10-14-11-18-13(3)8-16(14)19-15-6-4-5-7-15/h8,11-12,15,17H,4-7,9-10H2,1-3H3. The highest BCUT2D eigenvalue weighted by atomic mass is 16.5. The number of hydrogen-bond donors (Lipinski definition) is 1. The van der Waals surface area contributed by atoms with E-state index in [0.717, 1.165) is 24.5 Å². The van der Waals surface area contributed by atoms with Crippen molar-refractivity contribution in [3.05, 3.63) is 23.5 Å². The maximum absolute atomic E-state index is 6.16. The van der Waals surface area contributed by atoms with Gasteiger partial charge in [0.1, 0.15) is 5.75 Å². The third-order valence-corrected chi connectivity index (χ3v) is 3.54. The lowest BCUT2D eigenvalue weighted by Gasteiger charge is -2.17. The van der Waals surface area contributed by atoms with Crippen molar-refractivity contribution in [2.24, 2.45) is 5.92 Å². The smallest absolute Gasteiger partial charge is 0.127 e. The molecule has 1 aromatic heterocycles. The number of ether oxygens (including phenoxy) is 1. The maximum Gasteiger partial charge on any atom is 0.127 e. The van der Waals surface area contributed by atoms with Gasteiger partial charge in [-0.1, -0.05) is 13.8 Å². The summed E-state index contributed by atoms with van der Waals surface area (Å²) in [7, 11) is 0. The van der Waals surface area contributed by atoms with Gasteiger partial charge in [0.15, 0.2) is 0 Å². The van der Waals surface area contributed by atoms with Gasteiger partial charge in [0.05, 0.1) is 6.10 Å². The van der Waals surface area contributed by atoms with Crippen LogP contribution >= 0.6 is 0 Å². The van der Waals surface area contributed by atoms with E-state index < -0.39 is 0 Å². The van der Waals surface area contributed by atoms with Gasteiger partial charge in [0.25, 0.3) is 0 Å².